The number of amides is 2. The molecule has 3 rings (SSSR count). The van der Waals surface area contributed by atoms with Crippen LogP contribution in [0.5, 0.6) is 0 Å². The molecule has 6 heteroatoms. The molecule has 2 saturated heterocycles. The highest BCUT2D eigenvalue weighted by atomic mass is 16.2. The van der Waals surface area contributed by atoms with Gasteiger partial charge in [0, 0.05) is 25.8 Å². The summed E-state index contributed by atoms with van der Waals surface area (Å²) < 4.78 is 0. The second kappa shape index (κ2) is 6.02. The average molecular weight is 302 g/mol. The van der Waals surface area contributed by atoms with Crippen LogP contribution in [0.4, 0.5) is 0 Å². The van der Waals surface area contributed by atoms with Gasteiger partial charge in [-0.05, 0) is 25.7 Å². The Labute approximate surface area is 130 Å². The third kappa shape index (κ3) is 2.58. The quantitative estimate of drug-likeness (QED) is 0.909. The van der Waals surface area contributed by atoms with Gasteiger partial charge in [0.15, 0.2) is 0 Å². The molecule has 1 aromatic rings. The van der Waals surface area contributed by atoms with E-state index in [2.05, 4.69) is 22.2 Å². The zero-order valence-electron chi connectivity index (χ0n) is 13.0. The number of carbonyl (C=O) groups is 2. The maximum absolute atomic E-state index is 12.8. The molecule has 2 aliphatic heterocycles. The van der Waals surface area contributed by atoms with Crippen molar-refractivity contribution in [3.05, 3.63) is 23.8 Å². The lowest BCUT2D eigenvalue weighted by atomic mass is 9.79. The van der Waals surface area contributed by atoms with E-state index in [9.17, 15) is 9.59 Å². The zero-order chi connectivity index (χ0) is 15.6. The first kappa shape index (κ1) is 14.9. The van der Waals surface area contributed by atoms with Crippen molar-refractivity contribution in [2.75, 3.05) is 19.6 Å². The first-order chi connectivity index (χ1) is 10.7. The Morgan fingerprint density at radius 3 is 3.09 bits per heavy atom. The van der Waals surface area contributed by atoms with Crippen LogP contribution in [0.1, 0.15) is 48.7 Å². The van der Waals surface area contributed by atoms with E-state index < -0.39 is 0 Å². The van der Waals surface area contributed by atoms with Crippen molar-refractivity contribution in [1.29, 1.82) is 0 Å². The minimum Gasteiger partial charge on any atom is -0.356 e. The molecule has 118 valence electrons. The van der Waals surface area contributed by atoms with Gasteiger partial charge in [0.2, 0.25) is 5.91 Å². The van der Waals surface area contributed by atoms with E-state index in [4.69, 9.17) is 0 Å². The summed E-state index contributed by atoms with van der Waals surface area (Å²) in [6.07, 6.45) is 7.40. The van der Waals surface area contributed by atoms with E-state index in [1.54, 1.807) is 11.1 Å². The van der Waals surface area contributed by atoms with Crippen molar-refractivity contribution in [1.82, 2.24) is 20.2 Å². The lowest BCUT2D eigenvalue weighted by Crippen LogP contribution is -2.47. The third-order valence-electron chi connectivity index (χ3n) is 4.75. The Kier molecular flexibility index (Phi) is 4.09. The fourth-order valence-corrected chi connectivity index (χ4v) is 3.50. The number of aromatic nitrogens is 2. The fourth-order valence-electron chi connectivity index (χ4n) is 3.50. The molecule has 3 heterocycles. The minimum absolute atomic E-state index is 0.0423. The molecule has 1 spiro atoms. The highest BCUT2D eigenvalue weighted by Crippen LogP contribution is 2.37. The molecule has 2 aliphatic rings. The van der Waals surface area contributed by atoms with Crippen molar-refractivity contribution in [2.24, 2.45) is 5.41 Å². The van der Waals surface area contributed by atoms with Crippen molar-refractivity contribution >= 4 is 11.8 Å². The van der Waals surface area contributed by atoms with Gasteiger partial charge in [-0.2, -0.15) is 0 Å². The molecule has 22 heavy (non-hydrogen) atoms. The number of nitrogens with zero attached hydrogens (tertiary/aromatic N) is 3. The van der Waals surface area contributed by atoms with Crippen LogP contribution in [-0.4, -0.2) is 46.3 Å². The van der Waals surface area contributed by atoms with Gasteiger partial charge in [0.1, 0.15) is 6.33 Å². The lowest BCUT2D eigenvalue weighted by molar-refractivity contribution is -0.132. The molecule has 2 fully saturated rings. The Morgan fingerprint density at radius 1 is 1.45 bits per heavy atom. The number of hydrogen-bond donors (Lipinski definition) is 1. The van der Waals surface area contributed by atoms with Gasteiger partial charge >= 0.3 is 0 Å². The highest BCUT2D eigenvalue weighted by molar-refractivity contribution is 5.96. The van der Waals surface area contributed by atoms with E-state index in [1.807, 2.05) is 0 Å². The minimum atomic E-state index is -0.380. The fraction of sp³-hybridized carbons (Fsp3) is 0.625. The number of piperidine rings is 1. The predicted molar refractivity (Wildman–Crippen MR) is 81.2 cm³/mol. The highest BCUT2D eigenvalue weighted by Gasteiger charge is 2.47. The number of rotatable bonds is 3. The van der Waals surface area contributed by atoms with E-state index in [0.717, 1.165) is 44.3 Å². The SMILES string of the molecule is CCCc1ncncc1C(=O)N1CC[C@]2(CCCNC2=O)C1. The van der Waals surface area contributed by atoms with Crippen molar-refractivity contribution in [2.45, 2.75) is 39.0 Å². The average Bonchev–Trinajstić information content (AvgIpc) is 2.96. The first-order valence-corrected chi connectivity index (χ1v) is 8.03. The van der Waals surface area contributed by atoms with E-state index >= 15 is 0 Å². The van der Waals surface area contributed by atoms with Crippen LogP contribution in [-0.2, 0) is 11.2 Å². The molecule has 0 unspecified atom stereocenters. The summed E-state index contributed by atoms with van der Waals surface area (Å²) in [6, 6.07) is 0. The molecule has 0 aliphatic carbocycles. The monoisotopic (exact) mass is 302 g/mol. The largest absolute Gasteiger partial charge is 0.356 e. The van der Waals surface area contributed by atoms with Crippen molar-refractivity contribution in [3.63, 3.8) is 0 Å². The number of carbonyl (C=O) groups excluding carboxylic acids is 2. The zero-order valence-corrected chi connectivity index (χ0v) is 13.0. The molecular weight excluding hydrogens is 280 g/mol. The van der Waals surface area contributed by atoms with Crippen LogP contribution in [0.25, 0.3) is 0 Å². The van der Waals surface area contributed by atoms with Crippen LogP contribution in [0.15, 0.2) is 12.5 Å². The van der Waals surface area contributed by atoms with Gasteiger partial charge < -0.3 is 10.2 Å². The standard InChI is InChI=1S/C16H22N4O2/c1-2-4-13-12(9-17-11-19-13)14(21)20-8-6-16(10-20)5-3-7-18-15(16)22/h9,11H,2-8,10H2,1H3,(H,18,22)/t16-/m1/s1. The lowest BCUT2D eigenvalue weighted by Gasteiger charge is -2.32. The summed E-state index contributed by atoms with van der Waals surface area (Å²) >= 11 is 0. The van der Waals surface area contributed by atoms with Crippen LogP contribution in [0.2, 0.25) is 0 Å². The van der Waals surface area contributed by atoms with E-state index in [-0.39, 0.29) is 17.2 Å². The second-order valence-electron chi connectivity index (χ2n) is 6.25. The van der Waals surface area contributed by atoms with Gasteiger partial charge in [-0.1, -0.05) is 13.3 Å². The van der Waals surface area contributed by atoms with E-state index in [1.165, 1.54) is 6.33 Å². The van der Waals surface area contributed by atoms with Gasteiger partial charge in [-0.3, -0.25) is 9.59 Å². The Bertz CT molecular complexity index is 589. The summed E-state index contributed by atoms with van der Waals surface area (Å²) in [6.45, 7) is 3.96. The molecule has 6 nitrogen and oxygen atoms in total. The second-order valence-corrected chi connectivity index (χ2v) is 6.25. The van der Waals surface area contributed by atoms with Crippen molar-refractivity contribution < 1.29 is 9.59 Å². The third-order valence-corrected chi connectivity index (χ3v) is 4.75. The molecule has 1 atom stereocenters. The summed E-state index contributed by atoms with van der Waals surface area (Å²) in [7, 11) is 0. The van der Waals surface area contributed by atoms with Crippen LogP contribution in [0, 0.1) is 5.41 Å². The Hall–Kier alpha value is -1.98. The first-order valence-electron chi connectivity index (χ1n) is 8.03. The molecule has 0 radical (unpaired) electrons. The molecule has 0 bridgehead atoms. The van der Waals surface area contributed by atoms with Gasteiger partial charge in [0.25, 0.3) is 5.91 Å². The molecule has 1 aromatic heterocycles. The Morgan fingerprint density at radius 2 is 2.32 bits per heavy atom. The van der Waals surface area contributed by atoms with Crippen LogP contribution >= 0.6 is 0 Å². The van der Waals surface area contributed by atoms with Crippen LogP contribution in [0.3, 0.4) is 0 Å². The molecule has 2 amide bonds. The normalized spacial score (nSPS) is 24.6. The number of likely N-dealkylation sites (tertiary alicyclic amines) is 1. The molecule has 0 aromatic carbocycles. The maximum atomic E-state index is 12.8. The van der Waals surface area contributed by atoms with Gasteiger partial charge in [-0.25, -0.2) is 9.97 Å². The number of nitrogens with one attached hydrogen (secondary N) is 1. The predicted octanol–water partition coefficient (Wildman–Crippen LogP) is 1.17. The number of hydrogen-bond acceptors (Lipinski definition) is 4. The van der Waals surface area contributed by atoms with E-state index in [0.29, 0.717) is 18.7 Å². The summed E-state index contributed by atoms with van der Waals surface area (Å²) in [5.74, 6) is 0.0615. The Balaban J connectivity index is 1.78. The maximum Gasteiger partial charge on any atom is 0.257 e. The van der Waals surface area contributed by atoms with Gasteiger partial charge in [-0.15, -0.1) is 0 Å². The molecule has 0 saturated carbocycles. The molecule has 1 N–H and O–H groups in total. The summed E-state index contributed by atoms with van der Waals surface area (Å²) in [5, 5.41) is 2.94. The smallest absolute Gasteiger partial charge is 0.257 e. The van der Waals surface area contributed by atoms with Gasteiger partial charge in [0.05, 0.1) is 16.7 Å². The number of aryl methyl sites for hydroxylation is 1. The topological polar surface area (TPSA) is 75.2 Å². The van der Waals surface area contributed by atoms with Crippen LogP contribution < -0.4 is 5.32 Å². The summed E-state index contributed by atoms with van der Waals surface area (Å²) in [4.78, 5) is 35.0. The molecular formula is C16H22N4O2. The summed E-state index contributed by atoms with van der Waals surface area (Å²) in [5.41, 5.74) is 1.00. The van der Waals surface area contributed by atoms with Crippen molar-refractivity contribution in [3.8, 4) is 0 Å².